The number of nitrogens with zero attached hydrogens (tertiary/aromatic N) is 3. The summed E-state index contributed by atoms with van der Waals surface area (Å²) in [5, 5.41) is 9.02. The van der Waals surface area contributed by atoms with Gasteiger partial charge in [-0.25, -0.2) is 18.1 Å². The maximum atomic E-state index is 12.1. The SMILES string of the molecule is CNCCCn1cc(S(=O)(=O)NCCc2cscn2)cn1. The second-order valence-electron chi connectivity index (χ2n) is 4.52. The molecule has 2 aromatic rings. The quantitative estimate of drug-likeness (QED) is 0.653. The molecule has 2 rings (SSSR count). The molecule has 0 saturated heterocycles. The van der Waals surface area contributed by atoms with Gasteiger partial charge in [0.25, 0.3) is 0 Å². The molecule has 21 heavy (non-hydrogen) atoms. The Morgan fingerprint density at radius 1 is 1.38 bits per heavy atom. The Labute approximate surface area is 128 Å². The molecule has 0 aliphatic rings. The number of rotatable bonds is 9. The standard InChI is InChI=1S/C12H19N5O2S2/c1-13-4-2-6-17-8-12(7-15-17)21(18,19)16-5-3-11-9-20-10-14-11/h7-10,13,16H,2-6H2,1H3. The van der Waals surface area contributed by atoms with Crippen LogP contribution in [0.25, 0.3) is 0 Å². The lowest BCUT2D eigenvalue weighted by Crippen LogP contribution is -2.25. The summed E-state index contributed by atoms with van der Waals surface area (Å²) in [7, 11) is -1.62. The molecule has 0 saturated carbocycles. The fourth-order valence-corrected chi connectivity index (χ4v) is 3.36. The van der Waals surface area contributed by atoms with Crippen LogP contribution in [0.3, 0.4) is 0 Å². The topological polar surface area (TPSA) is 88.9 Å². The maximum absolute atomic E-state index is 12.1. The Balaban J connectivity index is 1.86. The second-order valence-corrected chi connectivity index (χ2v) is 7.01. The van der Waals surface area contributed by atoms with Crippen LogP contribution < -0.4 is 10.0 Å². The van der Waals surface area contributed by atoms with E-state index in [0.29, 0.717) is 19.5 Å². The van der Waals surface area contributed by atoms with E-state index in [-0.39, 0.29) is 4.90 Å². The van der Waals surface area contributed by atoms with Crippen LogP contribution in [-0.2, 0) is 23.0 Å². The van der Waals surface area contributed by atoms with Crippen LogP contribution in [-0.4, -0.2) is 43.3 Å². The van der Waals surface area contributed by atoms with Crippen molar-refractivity contribution in [1.82, 2.24) is 24.8 Å². The van der Waals surface area contributed by atoms with Gasteiger partial charge in [-0.15, -0.1) is 11.3 Å². The van der Waals surface area contributed by atoms with Crippen molar-refractivity contribution in [2.45, 2.75) is 24.3 Å². The molecule has 0 fully saturated rings. The van der Waals surface area contributed by atoms with Crippen LogP contribution >= 0.6 is 11.3 Å². The number of sulfonamides is 1. The number of nitrogens with one attached hydrogen (secondary N) is 2. The minimum atomic E-state index is -3.50. The average Bonchev–Trinajstić information content (AvgIpc) is 3.10. The lowest BCUT2D eigenvalue weighted by molar-refractivity contribution is 0.560. The summed E-state index contributed by atoms with van der Waals surface area (Å²) < 4.78 is 28.4. The van der Waals surface area contributed by atoms with Gasteiger partial charge in [0.2, 0.25) is 10.0 Å². The third-order valence-electron chi connectivity index (χ3n) is 2.89. The maximum Gasteiger partial charge on any atom is 0.243 e. The molecule has 7 nitrogen and oxygen atoms in total. The first-order chi connectivity index (χ1) is 10.1. The molecular formula is C12H19N5O2S2. The molecule has 0 unspecified atom stereocenters. The van der Waals surface area contributed by atoms with E-state index in [0.717, 1.165) is 18.7 Å². The first-order valence-electron chi connectivity index (χ1n) is 6.65. The normalized spacial score (nSPS) is 11.9. The predicted molar refractivity (Wildman–Crippen MR) is 81.8 cm³/mol. The lowest BCUT2D eigenvalue weighted by Gasteiger charge is -2.03. The van der Waals surface area contributed by atoms with Gasteiger partial charge in [0.1, 0.15) is 4.90 Å². The summed E-state index contributed by atoms with van der Waals surface area (Å²) in [6, 6.07) is 0. The van der Waals surface area contributed by atoms with Gasteiger partial charge >= 0.3 is 0 Å². The molecule has 0 spiro atoms. The average molecular weight is 329 g/mol. The van der Waals surface area contributed by atoms with Gasteiger partial charge in [-0.1, -0.05) is 0 Å². The van der Waals surface area contributed by atoms with Crippen LogP contribution in [0.2, 0.25) is 0 Å². The van der Waals surface area contributed by atoms with Crippen molar-refractivity contribution in [2.24, 2.45) is 0 Å². The van der Waals surface area contributed by atoms with Crippen molar-refractivity contribution in [3.63, 3.8) is 0 Å². The largest absolute Gasteiger partial charge is 0.320 e. The fraction of sp³-hybridized carbons (Fsp3) is 0.500. The zero-order chi connectivity index (χ0) is 15.1. The molecule has 9 heteroatoms. The van der Waals surface area contributed by atoms with Crippen molar-refractivity contribution in [1.29, 1.82) is 0 Å². The van der Waals surface area contributed by atoms with Gasteiger partial charge in [-0.05, 0) is 20.0 Å². The third-order valence-corrected chi connectivity index (χ3v) is 4.94. The van der Waals surface area contributed by atoms with Crippen LogP contribution in [0.15, 0.2) is 28.2 Å². The summed E-state index contributed by atoms with van der Waals surface area (Å²) in [4.78, 5) is 4.32. The lowest BCUT2D eigenvalue weighted by atomic mass is 10.3. The first kappa shape index (κ1) is 16.1. The molecule has 0 atom stereocenters. The minimum absolute atomic E-state index is 0.199. The Hall–Kier alpha value is -1.29. The number of aromatic nitrogens is 3. The van der Waals surface area contributed by atoms with E-state index in [2.05, 4.69) is 20.1 Å². The van der Waals surface area contributed by atoms with Gasteiger partial charge in [0.15, 0.2) is 0 Å². The van der Waals surface area contributed by atoms with Gasteiger partial charge in [0.05, 0.1) is 17.4 Å². The monoisotopic (exact) mass is 329 g/mol. The summed E-state index contributed by atoms with van der Waals surface area (Å²) in [6.45, 7) is 1.89. The van der Waals surface area contributed by atoms with E-state index in [4.69, 9.17) is 0 Å². The smallest absolute Gasteiger partial charge is 0.243 e. The highest BCUT2D eigenvalue weighted by Gasteiger charge is 2.15. The molecule has 116 valence electrons. The summed E-state index contributed by atoms with van der Waals surface area (Å²) in [5.74, 6) is 0. The van der Waals surface area contributed by atoms with Crippen LogP contribution in [0.1, 0.15) is 12.1 Å². The second kappa shape index (κ2) is 7.64. The van der Waals surface area contributed by atoms with Gasteiger partial charge < -0.3 is 5.32 Å². The first-order valence-corrected chi connectivity index (χ1v) is 9.08. The van der Waals surface area contributed by atoms with Crippen LogP contribution in [0.4, 0.5) is 0 Å². The Morgan fingerprint density at radius 2 is 2.24 bits per heavy atom. The molecule has 0 radical (unpaired) electrons. The molecule has 0 amide bonds. The number of thiazole rings is 1. The van der Waals surface area contributed by atoms with Gasteiger partial charge in [-0.2, -0.15) is 5.10 Å². The van der Waals surface area contributed by atoms with E-state index < -0.39 is 10.0 Å². The molecule has 0 aliphatic heterocycles. The highest BCUT2D eigenvalue weighted by atomic mass is 32.2. The molecular weight excluding hydrogens is 310 g/mol. The van der Waals surface area contributed by atoms with Gasteiger partial charge in [-0.3, -0.25) is 4.68 Å². The van der Waals surface area contributed by atoms with Crippen molar-refractivity contribution in [2.75, 3.05) is 20.1 Å². The molecule has 0 aliphatic carbocycles. The Kier molecular flexibility index (Phi) is 5.85. The zero-order valence-corrected chi connectivity index (χ0v) is 13.5. The molecule has 0 bridgehead atoms. The van der Waals surface area contributed by atoms with Crippen LogP contribution in [0, 0.1) is 0 Å². The molecule has 0 aromatic carbocycles. The van der Waals surface area contributed by atoms with Crippen molar-refractivity contribution in [3.05, 3.63) is 29.0 Å². The number of hydrogen-bond donors (Lipinski definition) is 2. The summed E-state index contributed by atoms with van der Waals surface area (Å²) in [6.07, 6.45) is 4.42. The highest BCUT2D eigenvalue weighted by Crippen LogP contribution is 2.08. The Morgan fingerprint density at radius 3 is 2.95 bits per heavy atom. The summed E-state index contributed by atoms with van der Waals surface area (Å²) >= 11 is 1.50. The zero-order valence-electron chi connectivity index (χ0n) is 11.8. The minimum Gasteiger partial charge on any atom is -0.320 e. The predicted octanol–water partition coefficient (Wildman–Crippen LogP) is 0.470. The van der Waals surface area contributed by atoms with E-state index >= 15 is 0 Å². The van der Waals surface area contributed by atoms with E-state index in [1.54, 1.807) is 16.4 Å². The van der Waals surface area contributed by atoms with E-state index in [1.807, 2.05) is 12.4 Å². The number of hydrogen-bond acceptors (Lipinski definition) is 6. The van der Waals surface area contributed by atoms with Crippen molar-refractivity contribution >= 4 is 21.4 Å². The van der Waals surface area contributed by atoms with E-state index in [9.17, 15) is 8.42 Å². The van der Waals surface area contributed by atoms with Crippen molar-refractivity contribution < 1.29 is 8.42 Å². The molecule has 2 heterocycles. The van der Waals surface area contributed by atoms with Gasteiger partial charge in [0, 0.05) is 31.1 Å². The highest BCUT2D eigenvalue weighted by molar-refractivity contribution is 7.89. The summed E-state index contributed by atoms with van der Waals surface area (Å²) in [5.41, 5.74) is 2.63. The Bertz CT molecular complexity index is 636. The van der Waals surface area contributed by atoms with E-state index in [1.165, 1.54) is 17.5 Å². The third kappa shape index (κ3) is 4.88. The fourth-order valence-electron chi connectivity index (χ4n) is 1.78. The molecule has 2 aromatic heterocycles. The molecule has 2 N–H and O–H groups in total. The van der Waals surface area contributed by atoms with Crippen LogP contribution in [0.5, 0.6) is 0 Å². The van der Waals surface area contributed by atoms with Crippen molar-refractivity contribution in [3.8, 4) is 0 Å². The number of aryl methyl sites for hydroxylation is 1.